The summed E-state index contributed by atoms with van der Waals surface area (Å²) in [7, 11) is 1.84. The first-order valence-corrected chi connectivity index (χ1v) is 7.44. The fraction of sp³-hybridized carbons (Fsp3) is 0.545. The van der Waals surface area contributed by atoms with Crippen LogP contribution in [0.2, 0.25) is 0 Å². The lowest BCUT2D eigenvalue weighted by atomic mass is 10.2. The van der Waals surface area contributed by atoms with E-state index in [-0.39, 0.29) is 11.9 Å². The highest BCUT2D eigenvalue weighted by atomic mass is 32.2. The van der Waals surface area contributed by atoms with Crippen molar-refractivity contribution in [3.8, 4) is 0 Å². The van der Waals surface area contributed by atoms with Crippen LogP contribution in [-0.4, -0.2) is 35.9 Å². The van der Waals surface area contributed by atoms with E-state index >= 15 is 0 Å². The number of thioether (sulfide) groups is 1. The van der Waals surface area contributed by atoms with E-state index in [0.717, 1.165) is 12.2 Å². The van der Waals surface area contributed by atoms with Crippen LogP contribution in [0, 0.1) is 0 Å². The van der Waals surface area contributed by atoms with Crippen LogP contribution in [0.5, 0.6) is 0 Å². The van der Waals surface area contributed by atoms with Crippen LogP contribution in [0.3, 0.4) is 0 Å². The number of nitrogens with zero attached hydrogens (tertiary/aromatic N) is 1. The molecule has 0 aliphatic heterocycles. The number of thiophene rings is 1. The number of carbonyl (C=O) groups excluding carboxylic acids is 1. The number of hydrogen-bond donors (Lipinski definition) is 1. The Morgan fingerprint density at radius 1 is 1.69 bits per heavy atom. The lowest BCUT2D eigenvalue weighted by Gasteiger charge is -2.24. The van der Waals surface area contributed by atoms with Crippen LogP contribution in [0.25, 0.3) is 0 Å². The fourth-order valence-electron chi connectivity index (χ4n) is 1.34. The highest BCUT2D eigenvalue weighted by Crippen LogP contribution is 2.21. The Hall–Kier alpha value is -0.680. The molecule has 5 heteroatoms. The molecule has 1 unspecified atom stereocenters. The maximum Gasteiger partial charge on any atom is 0.266 e. The Morgan fingerprint density at radius 3 is 2.88 bits per heavy atom. The van der Waals surface area contributed by atoms with E-state index in [9.17, 15) is 4.79 Å². The van der Waals surface area contributed by atoms with Gasteiger partial charge in [-0.3, -0.25) is 4.79 Å². The van der Waals surface area contributed by atoms with Crippen molar-refractivity contribution in [2.24, 2.45) is 0 Å². The van der Waals surface area contributed by atoms with Gasteiger partial charge in [-0.25, -0.2) is 0 Å². The van der Waals surface area contributed by atoms with Crippen molar-refractivity contribution in [1.29, 1.82) is 0 Å². The summed E-state index contributed by atoms with van der Waals surface area (Å²) in [6.45, 7) is 2.07. The first-order chi connectivity index (χ1) is 7.57. The first-order valence-electron chi connectivity index (χ1n) is 5.17. The van der Waals surface area contributed by atoms with Crippen molar-refractivity contribution < 1.29 is 4.79 Å². The first kappa shape index (κ1) is 13.4. The normalized spacial score (nSPS) is 12.4. The molecule has 0 aromatic carbocycles. The zero-order valence-corrected chi connectivity index (χ0v) is 11.5. The van der Waals surface area contributed by atoms with Crippen molar-refractivity contribution in [2.75, 3.05) is 24.8 Å². The van der Waals surface area contributed by atoms with Crippen molar-refractivity contribution in [2.45, 2.75) is 19.4 Å². The molecule has 0 radical (unpaired) electrons. The van der Waals surface area contributed by atoms with Gasteiger partial charge in [0.05, 0.1) is 5.69 Å². The minimum atomic E-state index is 0.0288. The molecule has 3 nitrogen and oxygen atoms in total. The average Bonchev–Trinajstić information content (AvgIpc) is 2.70. The largest absolute Gasteiger partial charge is 0.397 e. The molecule has 1 aromatic heterocycles. The molecule has 2 N–H and O–H groups in total. The summed E-state index contributed by atoms with van der Waals surface area (Å²) in [6, 6.07) is 2.03. The second-order valence-corrected chi connectivity index (χ2v) is 5.65. The molecule has 1 atom stereocenters. The summed E-state index contributed by atoms with van der Waals surface area (Å²) in [6.07, 6.45) is 3.08. The minimum absolute atomic E-state index is 0.0288. The fourth-order valence-corrected chi connectivity index (χ4v) is 2.71. The smallest absolute Gasteiger partial charge is 0.266 e. The third-order valence-corrected chi connectivity index (χ3v) is 4.17. The summed E-state index contributed by atoms with van der Waals surface area (Å²) in [5.74, 6) is 1.10. The van der Waals surface area contributed by atoms with Crippen molar-refractivity contribution in [1.82, 2.24) is 4.90 Å². The molecule has 90 valence electrons. The molecule has 0 spiro atoms. The number of rotatable bonds is 5. The van der Waals surface area contributed by atoms with Gasteiger partial charge in [0, 0.05) is 13.1 Å². The van der Waals surface area contributed by atoms with Gasteiger partial charge in [0.2, 0.25) is 0 Å². The zero-order valence-electron chi connectivity index (χ0n) is 9.90. The van der Waals surface area contributed by atoms with E-state index in [2.05, 4.69) is 13.2 Å². The van der Waals surface area contributed by atoms with Crippen molar-refractivity contribution in [3.05, 3.63) is 16.3 Å². The van der Waals surface area contributed by atoms with Crippen molar-refractivity contribution in [3.63, 3.8) is 0 Å². The number of hydrogen-bond acceptors (Lipinski definition) is 4. The minimum Gasteiger partial charge on any atom is -0.397 e. The summed E-state index contributed by atoms with van der Waals surface area (Å²) >= 11 is 3.21. The van der Waals surface area contributed by atoms with Gasteiger partial charge < -0.3 is 10.6 Å². The quantitative estimate of drug-likeness (QED) is 0.883. The third kappa shape index (κ3) is 3.15. The van der Waals surface area contributed by atoms with Gasteiger partial charge in [-0.05, 0) is 36.8 Å². The predicted octanol–water partition coefficient (Wildman–Crippen LogP) is 2.54. The van der Waals surface area contributed by atoms with E-state index in [1.165, 1.54) is 11.3 Å². The van der Waals surface area contributed by atoms with Gasteiger partial charge in [0.1, 0.15) is 4.88 Å². The Bertz CT molecular complexity index is 352. The maximum atomic E-state index is 12.1. The van der Waals surface area contributed by atoms with Crippen LogP contribution < -0.4 is 5.73 Å². The van der Waals surface area contributed by atoms with Crippen LogP contribution in [0.15, 0.2) is 11.4 Å². The van der Waals surface area contributed by atoms with Crippen LogP contribution in [-0.2, 0) is 0 Å². The Morgan fingerprint density at radius 2 is 2.38 bits per heavy atom. The zero-order chi connectivity index (χ0) is 12.1. The molecule has 0 saturated heterocycles. The third-order valence-electron chi connectivity index (χ3n) is 2.61. The predicted molar refractivity (Wildman–Crippen MR) is 73.3 cm³/mol. The van der Waals surface area contributed by atoms with E-state index in [1.807, 2.05) is 12.4 Å². The van der Waals surface area contributed by atoms with E-state index in [0.29, 0.717) is 10.6 Å². The standard InChI is InChI=1S/C11H18N2OS2/c1-8(4-6-15-3)13(2)11(14)10-9(12)5-7-16-10/h5,7-8H,4,6,12H2,1-3H3. The molecule has 0 aliphatic rings. The highest BCUT2D eigenvalue weighted by Gasteiger charge is 2.19. The molecule has 1 aromatic rings. The number of carbonyl (C=O) groups is 1. The molecule has 0 aliphatic carbocycles. The summed E-state index contributed by atoms with van der Waals surface area (Å²) in [5, 5.41) is 1.85. The van der Waals surface area contributed by atoms with Gasteiger partial charge in [-0.2, -0.15) is 11.8 Å². The SMILES string of the molecule is CSCCC(C)N(C)C(=O)c1sccc1N. The molecule has 1 heterocycles. The molecule has 1 rings (SSSR count). The van der Waals surface area contributed by atoms with E-state index in [4.69, 9.17) is 5.73 Å². The molecule has 0 bridgehead atoms. The molecular formula is C11H18N2OS2. The topological polar surface area (TPSA) is 46.3 Å². The van der Waals surface area contributed by atoms with Gasteiger partial charge in [-0.1, -0.05) is 0 Å². The van der Waals surface area contributed by atoms with Crippen LogP contribution in [0.4, 0.5) is 5.69 Å². The lowest BCUT2D eigenvalue weighted by Crippen LogP contribution is -2.35. The van der Waals surface area contributed by atoms with E-state index < -0.39 is 0 Å². The number of amides is 1. The monoisotopic (exact) mass is 258 g/mol. The lowest BCUT2D eigenvalue weighted by molar-refractivity contribution is 0.0747. The van der Waals surface area contributed by atoms with Gasteiger partial charge in [-0.15, -0.1) is 11.3 Å². The molecule has 0 fully saturated rings. The molecular weight excluding hydrogens is 240 g/mol. The van der Waals surface area contributed by atoms with Gasteiger partial charge >= 0.3 is 0 Å². The van der Waals surface area contributed by atoms with Crippen LogP contribution >= 0.6 is 23.1 Å². The second kappa shape index (κ2) is 6.15. The Labute approximate surface area is 105 Å². The molecule has 16 heavy (non-hydrogen) atoms. The second-order valence-electron chi connectivity index (χ2n) is 3.75. The summed E-state index contributed by atoms with van der Waals surface area (Å²) in [4.78, 5) is 14.5. The number of nitrogen functional groups attached to an aromatic ring is 1. The Balaban J connectivity index is 2.64. The van der Waals surface area contributed by atoms with E-state index in [1.54, 1.807) is 22.7 Å². The maximum absolute atomic E-state index is 12.1. The van der Waals surface area contributed by atoms with Crippen LogP contribution in [0.1, 0.15) is 23.0 Å². The number of nitrogens with two attached hydrogens (primary N) is 1. The number of anilines is 1. The summed E-state index contributed by atoms with van der Waals surface area (Å²) in [5.41, 5.74) is 6.32. The van der Waals surface area contributed by atoms with Gasteiger partial charge in [0.25, 0.3) is 5.91 Å². The molecule has 0 saturated carbocycles. The highest BCUT2D eigenvalue weighted by molar-refractivity contribution is 7.98. The average molecular weight is 258 g/mol. The van der Waals surface area contributed by atoms with Gasteiger partial charge in [0.15, 0.2) is 0 Å². The molecule has 1 amide bonds. The Kier molecular flexibility index (Phi) is 5.15. The van der Waals surface area contributed by atoms with Crippen molar-refractivity contribution >= 4 is 34.7 Å². The summed E-state index contributed by atoms with van der Waals surface area (Å²) < 4.78 is 0.